The van der Waals surface area contributed by atoms with Crippen molar-refractivity contribution in [2.24, 2.45) is 0 Å². The molecule has 0 saturated heterocycles. The van der Waals surface area contributed by atoms with E-state index < -0.39 is 0 Å². The van der Waals surface area contributed by atoms with Gasteiger partial charge < -0.3 is 27.1 Å². The number of rotatable bonds is 5. The van der Waals surface area contributed by atoms with Gasteiger partial charge in [-0.15, -0.1) is 0 Å². The fourth-order valence-corrected chi connectivity index (χ4v) is 17.8. The van der Waals surface area contributed by atoms with E-state index in [0.717, 1.165) is 122 Å². The van der Waals surface area contributed by atoms with Gasteiger partial charge in [0.05, 0.1) is 82.9 Å². The largest absolute Gasteiger partial charge is 0.309 e. The molecule has 0 spiro atoms. The Bertz CT molecular complexity index is 7500. The van der Waals surface area contributed by atoms with Crippen LogP contribution in [-0.4, -0.2) is 32.1 Å². The molecule has 11 heteroatoms. The van der Waals surface area contributed by atoms with Crippen molar-refractivity contribution in [2.45, 2.75) is 26.2 Å². The van der Waals surface area contributed by atoms with Crippen molar-refractivity contribution in [1.29, 1.82) is 0 Å². The lowest BCUT2D eigenvalue weighted by molar-refractivity contribution is 0.591. The number of benzene rings is 14. The number of nitrogens with zero attached hydrogens (tertiary/aromatic N) is 7. The summed E-state index contributed by atoms with van der Waals surface area (Å²) in [6, 6.07) is 105. The van der Waals surface area contributed by atoms with Gasteiger partial charge in [-0.3, -0.25) is 24.2 Å². The van der Waals surface area contributed by atoms with Crippen LogP contribution in [0.1, 0.15) is 26.3 Å². The summed E-state index contributed by atoms with van der Waals surface area (Å²) >= 11 is 0. The van der Waals surface area contributed by atoms with Gasteiger partial charge >= 0.3 is 0 Å². The topological polar surface area (TPSA) is 110 Å². The van der Waals surface area contributed by atoms with Gasteiger partial charge in [0, 0.05) is 121 Å². The Kier molecular flexibility index (Phi) is 12.8. The average molecular weight is 1390 g/mol. The van der Waals surface area contributed by atoms with Crippen LogP contribution in [0.3, 0.4) is 0 Å². The van der Waals surface area contributed by atoms with E-state index in [1.165, 1.54) is 21.5 Å². The standard InChI is InChI=1S/C49H28N4O2.C48H33N3O2/c54-48-36-27-30(51-41-16-5-1-11-32(41)33-12-2-6-17-42(33)51)20-22-45(36)53-46-23-21-31(52-43-18-7-3-13-34(43)35-14-4-8-19-44(35)52)28-37(46)49(55)39-26-29(25-38(48)47(39)53)40-15-9-10-24-50-40;1-48(2,3)28-24-37-45-38(25-28)47(53)36-27-30(50-41-18-10-6-14-33(41)34-15-7-11-19-42(34)50)21-23-44(36)51(45)43-22-20-29(26-35(43)46(37)52)49-39-16-8-4-12-31(39)32-13-5-9-17-40(32)49/h1-28H;4-27H,1-3H3. The molecule has 23 aromatic rings. The van der Waals surface area contributed by atoms with Crippen LogP contribution in [0.15, 0.2) is 335 Å². The number of hydrogen-bond donors (Lipinski definition) is 0. The third-order valence-electron chi connectivity index (χ3n) is 22.7. The molecule has 0 aliphatic heterocycles. The molecule has 9 aromatic heterocycles. The summed E-state index contributed by atoms with van der Waals surface area (Å²) in [4.78, 5) is 64.0. The molecule has 0 bridgehead atoms. The lowest BCUT2D eigenvalue weighted by atomic mass is 9.85. The molecule has 0 radical (unpaired) electrons. The van der Waals surface area contributed by atoms with E-state index >= 15 is 0 Å². The SMILES string of the molecule is CC(C)(C)c1cc2c(=O)c3cc(-n4c5ccccc5c5ccccc54)ccc3n3c4ccc(-n5c6ccccc6c6ccccc65)cc4c(=O)c(c1)c23.O=c1c2cc(-n3c4ccccc4c4ccccc43)ccc2n2c3ccc(-n4c5ccccc5c5ccccc54)cc3c(=O)c3cc(-c4ccccn4)cc1c32. The molecule has 23 rings (SSSR count). The van der Waals surface area contributed by atoms with Crippen LogP contribution >= 0.6 is 0 Å². The van der Waals surface area contributed by atoms with Crippen molar-refractivity contribution in [3.8, 4) is 34.0 Å². The van der Waals surface area contributed by atoms with Crippen LogP contribution in [0.25, 0.3) is 197 Å². The molecule has 9 heterocycles. The number of para-hydroxylation sites is 8. The Morgan fingerprint density at radius 3 is 0.713 bits per heavy atom. The van der Waals surface area contributed by atoms with Crippen molar-refractivity contribution < 1.29 is 0 Å². The molecule has 508 valence electrons. The van der Waals surface area contributed by atoms with E-state index in [4.69, 9.17) is 0 Å². The Hall–Kier alpha value is -14.3. The van der Waals surface area contributed by atoms with Crippen LogP contribution in [0.4, 0.5) is 0 Å². The number of fused-ring (bicyclic) bond motifs is 20. The summed E-state index contributed by atoms with van der Waals surface area (Å²) in [7, 11) is 0. The number of pyridine rings is 5. The normalized spacial score (nSPS) is 12.4. The zero-order valence-electron chi connectivity index (χ0n) is 58.8. The van der Waals surface area contributed by atoms with Crippen LogP contribution in [-0.2, 0) is 5.41 Å². The lowest BCUT2D eigenvalue weighted by Gasteiger charge is -2.22. The second-order valence-electron chi connectivity index (χ2n) is 29.6. The average Bonchev–Trinajstić information content (AvgIpc) is 0.838. The van der Waals surface area contributed by atoms with Gasteiger partial charge in [-0.1, -0.05) is 172 Å². The van der Waals surface area contributed by atoms with E-state index in [0.29, 0.717) is 59.8 Å². The van der Waals surface area contributed by atoms with Gasteiger partial charge in [0.2, 0.25) is 0 Å². The van der Waals surface area contributed by atoms with E-state index in [-0.39, 0.29) is 27.1 Å². The molecule has 11 nitrogen and oxygen atoms in total. The molecule has 0 amide bonds. The first-order valence-corrected chi connectivity index (χ1v) is 36.5. The molecule has 0 fully saturated rings. The molecule has 0 unspecified atom stereocenters. The zero-order valence-corrected chi connectivity index (χ0v) is 58.8. The smallest absolute Gasteiger partial charge is 0.197 e. The second kappa shape index (κ2) is 22.6. The van der Waals surface area contributed by atoms with Crippen LogP contribution in [0, 0.1) is 0 Å². The van der Waals surface area contributed by atoms with E-state index in [1.807, 2.05) is 103 Å². The summed E-state index contributed by atoms with van der Waals surface area (Å²) in [6.45, 7) is 6.38. The maximum Gasteiger partial charge on any atom is 0.197 e. The minimum absolute atomic E-state index is 0.0700. The van der Waals surface area contributed by atoms with Gasteiger partial charge in [0.15, 0.2) is 21.7 Å². The summed E-state index contributed by atoms with van der Waals surface area (Å²) < 4.78 is 13.2. The molecule has 0 atom stereocenters. The minimum Gasteiger partial charge on any atom is -0.309 e. The molecular weight excluding hydrogens is 1330 g/mol. The maximum atomic E-state index is 14.9. The monoisotopic (exact) mass is 1390 g/mol. The fourth-order valence-electron chi connectivity index (χ4n) is 17.8. The van der Waals surface area contributed by atoms with Crippen molar-refractivity contribution in [3.63, 3.8) is 0 Å². The van der Waals surface area contributed by atoms with Gasteiger partial charge in [-0.2, -0.15) is 0 Å². The first-order valence-electron chi connectivity index (χ1n) is 36.5. The summed E-state index contributed by atoms with van der Waals surface area (Å²) in [6.07, 6.45) is 1.73. The van der Waals surface area contributed by atoms with E-state index in [1.54, 1.807) is 6.20 Å². The number of aromatic nitrogens is 7. The van der Waals surface area contributed by atoms with Crippen molar-refractivity contribution >= 4 is 163 Å². The van der Waals surface area contributed by atoms with Crippen LogP contribution in [0.2, 0.25) is 0 Å². The van der Waals surface area contributed by atoms with Crippen molar-refractivity contribution in [1.82, 2.24) is 32.1 Å². The van der Waals surface area contributed by atoms with Crippen LogP contribution < -0.4 is 21.7 Å². The molecule has 14 aromatic carbocycles. The first kappa shape index (κ1) is 61.2. The molecule has 0 saturated carbocycles. The molecule has 0 aliphatic carbocycles. The highest BCUT2D eigenvalue weighted by atomic mass is 16.1. The van der Waals surface area contributed by atoms with E-state index in [2.05, 4.69) is 259 Å². The molecule has 0 N–H and O–H groups in total. The second-order valence-corrected chi connectivity index (χ2v) is 29.6. The van der Waals surface area contributed by atoms with Gasteiger partial charge in [0.1, 0.15) is 0 Å². The molecular formula is C97H61N7O4. The zero-order chi connectivity index (χ0) is 72.1. The van der Waals surface area contributed by atoms with E-state index in [9.17, 15) is 19.2 Å². The Morgan fingerprint density at radius 2 is 0.472 bits per heavy atom. The fraction of sp³-hybridized carbons (Fsp3) is 0.0412. The van der Waals surface area contributed by atoms with Crippen molar-refractivity contribution in [3.05, 3.63) is 362 Å². The quantitative estimate of drug-likeness (QED) is 0.126. The highest BCUT2D eigenvalue weighted by molar-refractivity contribution is 6.16. The highest BCUT2D eigenvalue weighted by Crippen LogP contribution is 2.41. The predicted molar refractivity (Wildman–Crippen MR) is 447 cm³/mol. The van der Waals surface area contributed by atoms with Crippen molar-refractivity contribution in [2.75, 3.05) is 0 Å². The Morgan fingerprint density at radius 1 is 0.231 bits per heavy atom. The first-order chi connectivity index (χ1) is 52.9. The van der Waals surface area contributed by atoms with Gasteiger partial charge in [-0.05, 0) is 169 Å². The Balaban J connectivity index is 0.000000134. The third-order valence-corrected chi connectivity index (χ3v) is 22.7. The number of hydrogen-bond acceptors (Lipinski definition) is 5. The summed E-state index contributed by atoms with van der Waals surface area (Å²) in [5.74, 6) is 0. The molecule has 108 heavy (non-hydrogen) atoms. The Labute approximate surface area is 614 Å². The summed E-state index contributed by atoms with van der Waals surface area (Å²) in [5, 5.41) is 13.7. The predicted octanol–water partition coefficient (Wildman–Crippen LogP) is 21.9. The lowest BCUT2D eigenvalue weighted by Crippen LogP contribution is -2.18. The minimum atomic E-state index is -0.285. The molecule has 0 aliphatic rings. The van der Waals surface area contributed by atoms with Gasteiger partial charge in [-0.25, -0.2) is 0 Å². The maximum absolute atomic E-state index is 14.9. The van der Waals surface area contributed by atoms with Gasteiger partial charge in [0.25, 0.3) is 0 Å². The van der Waals surface area contributed by atoms with Crippen LogP contribution in [0.5, 0.6) is 0 Å². The summed E-state index contributed by atoms with van der Waals surface area (Å²) in [5.41, 5.74) is 18.2. The highest BCUT2D eigenvalue weighted by Gasteiger charge is 2.27. The third kappa shape index (κ3) is 8.63.